The first-order chi connectivity index (χ1) is 9.68. The van der Waals surface area contributed by atoms with Gasteiger partial charge in [0.25, 0.3) is 5.91 Å². The van der Waals surface area contributed by atoms with Crippen LogP contribution in [0.5, 0.6) is 0 Å². The molecule has 0 radical (unpaired) electrons. The van der Waals surface area contributed by atoms with Crippen molar-refractivity contribution in [3.8, 4) is 0 Å². The zero-order valence-electron chi connectivity index (χ0n) is 11.7. The molecule has 1 amide bonds. The number of hydrogen-bond acceptors (Lipinski definition) is 1. The number of hydrogen-bond donors (Lipinski definition) is 0. The van der Waals surface area contributed by atoms with Crippen LogP contribution in [0.15, 0.2) is 18.2 Å². The Morgan fingerprint density at radius 3 is 2.43 bits per heavy atom. The minimum absolute atomic E-state index is 0.231. The predicted octanol–water partition coefficient (Wildman–Crippen LogP) is 4.48. The zero-order valence-corrected chi connectivity index (χ0v) is 13.3. The normalized spacial score (nSPS) is 11.8. The molecule has 1 aromatic carbocycles. The molecule has 7 heteroatoms. The monoisotopic (exact) mass is 369 g/mol. The fourth-order valence-corrected chi connectivity index (χ4v) is 2.10. The number of halogens is 5. The van der Waals surface area contributed by atoms with Crippen LogP contribution in [0, 0.1) is 5.82 Å². The quantitative estimate of drug-likeness (QED) is 0.553. The second-order valence-electron chi connectivity index (χ2n) is 4.83. The topological polar surface area (TPSA) is 20.3 Å². The van der Waals surface area contributed by atoms with E-state index in [1.54, 1.807) is 13.8 Å². The maximum Gasteiger partial charge on any atom is 0.416 e. The van der Waals surface area contributed by atoms with Crippen LogP contribution in [-0.4, -0.2) is 28.7 Å². The molecule has 0 aliphatic rings. The standard InChI is InChI=1S/C14H16BrF4NO/c1-9(2)20(7-3-6-15)13(21)11-8-10(14(17,18)19)4-5-12(11)16/h4-5,8-9H,3,6-7H2,1-2H3. The Labute approximate surface area is 129 Å². The van der Waals surface area contributed by atoms with Gasteiger partial charge in [-0.15, -0.1) is 0 Å². The Morgan fingerprint density at radius 1 is 1.33 bits per heavy atom. The summed E-state index contributed by atoms with van der Waals surface area (Å²) in [4.78, 5) is 13.7. The molecule has 0 heterocycles. The second kappa shape index (κ2) is 7.24. The van der Waals surface area contributed by atoms with Gasteiger partial charge in [-0.2, -0.15) is 13.2 Å². The third-order valence-corrected chi connectivity index (χ3v) is 3.50. The average molecular weight is 370 g/mol. The van der Waals surface area contributed by atoms with Gasteiger partial charge in [0.1, 0.15) is 5.82 Å². The van der Waals surface area contributed by atoms with Crippen LogP contribution in [0.25, 0.3) is 0 Å². The van der Waals surface area contributed by atoms with Gasteiger partial charge in [-0.05, 0) is 38.5 Å². The molecule has 0 aromatic heterocycles. The number of amides is 1. The summed E-state index contributed by atoms with van der Waals surface area (Å²) in [5.74, 6) is -1.67. The van der Waals surface area contributed by atoms with Crippen LogP contribution in [0.3, 0.4) is 0 Å². The fraction of sp³-hybridized carbons (Fsp3) is 0.500. The molecule has 0 spiro atoms. The van der Waals surface area contributed by atoms with Gasteiger partial charge in [0, 0.05) is 17.9 Å². The molecule has 0 unspecified atom stereocenters. The molecular weight excluding hydrogens is 354 g/mol. The van der Waals surface area contributed by atoms with Gasteiger partial charge in [-0.1, -0.05) is 15.9 Å². The highest BCUT2D eigenvalue weighted by Crippen LogP contribution is 2.30. The molecule has 0 fully saturated rings. The summed E-state index contributed by atoms with van der Waals surface area (Å²) >= 11 is 3.22. The van der Waals surface area contributed by atoms with Crippen molar-refractivity contribution < 1.29 is 22.4 Å². The molecule has 0 atom stereocenters. The third-order valence-electron chi connectivity index (χ3n) is 2.94. The van der Waals surface area contributed by atoms with Gasteiger partial charge in [0.2, 0.25) is 0 Å². The number of alkyl halides is 4. The number of carbonyl (C=O) groups excluding carboxylic acids is 1. The van der Waals surface area contributed by atoms with Crippen LogP contribution in [0.4, 0.5) is 17.6 Å². The summed E-state index contributed by atoms with van der Waals surface area (Å²) < 4.78 is 51.7. The van der Waals surface area contributed by atoms with E-state index in [1.165, 1.54) is 4.90 Å². The first-order valence-corrected chi connectivity index (χ1v) is 7.54. The number of carbonyl (C=O) groups is 1. The number of benzene rings is 1. The smallest absolute Gasteiger partial charge is 0.336 e. The highest BCUT2D eigenvalue weighted by Gasteiger charge is 2.32. The first-order valence-electron chi connectivity index (χ1n) is 6.42. The van der Waals surface area contributed by atoms with E-state index in [0.717, 1.165) is 0 Å². The van der Waals surface area contributed by atoms with Gasteiger partial charge in [-0.3, -0.25) is 4.79 Å². The van der Waals surface area contributed by atoms with Crippen molar-refractivity contribution in [2.24, 2.45) is 0 Å². The van der Waals surface area contributed by atoms with Crippen LogP contribution in [0.2, 0.25) is 0 Å². The Balaban J connectivity index is 3.15. The van der Waals surface area contributed by atoms with E-state index < -0.39 is 29.0 Å². The number of nitrogens with zero attached hydrogens (tertiary/aromatic N) is 1. The lowest BCUT2D eigenvalue weighted by Crippen LogP contribution is -2.38. The maximum absolute atomic E-state index is 13.7. The Bertz CT molecular complexity index is 502. The highest BCUT2D eigenvalue weighted by molar-refractivity contribution is 9.09. The Morgan fingerprint density at radius 2 is 1.95 bits per heavy atom. The lowest BCUT2D eigenvalue weighted by atomic mass is 10.1. The van der Waals surface area contributed by atoms with Gasteiger partial charge in [0.05, 0.1) is 11.1 Å². The molecule has 0 N–H and O–H groups in total. The number of rotatable bonds is 5. The minimum atomic E-state index is -4.61. The van der Waals surface area contributed by atoms with Crippen molar-refractivity contribution in [3.63, 3.8) is 0 Å². The Hall–Kier alpha value is -1.11. The fourth-order valence-electron chi connectivity index (χ4n) is 1.84. The summed E-state index contributed by atoms with van der Waals surface area (Å²) in [7, 11) is 0. The maximum atomic E-state index is 13.7. The molecule has 2 nitrogen and oxygen atoms in total. The molecule has 0 aliphatic heterocycles. The van der Waals surface area contributed by atoms with Crippen molar-refractivity contribution in [2.75, 3.05) is 11.9 Å². The first kappa shape index (κ1) is 17.9. The van der Waals surface area contributed by atoms with Crippen molar-refractivity contribution >= 4 is 21.8 Å². The molecule has 21 heavy (non-hydrogen) atoms. The summed E-state index contributed by atoms with van der Waals surface area (Å²) in [6, 6.07) is 1.65. The molecule has 118 valence electrons. The van der Waals surface area contributed by atoms with Gasteiger partial charge in [-0.25, -0.2) is 4.39 Å². The van der Waals surface area contributed by atoms with Crippen LogP contribution < -0.4 is 0 Å². The van der Waals surface area contributed by atoms with E-state index in [9.17, 15) is 22.4 Å². The summed E-state index contributed by atoms with van der Waals surface area (Å²) in [6.07, 6.45) is -3.98. The van der Waals surface area contributed by atoms with Crippen molar-refractivity contribution in [2.45, 2.75) is 32.5 Å². The lowest BCUT2D eigenvalue weighted by Gasteiger charge is -2.27. The second-order valence-corrected chi connectivity index (χ2v) is 5.62. The summed E-state index contributed by atoms with van der Waals surface area (Å²) in [5, 5.41) is 0.647. The largest absolute Gasteiger partial charge is 0.416 e. The van der Waals surface area contributed by atoms with Gasteiger partial charge in [0.15, 0.2) is 0 Å². The van der Waals surface area contributed by atoms with E-state index in [4.69, 9.17) is 0 Å². The molecule has 0 bridgehead atoms. The molecule has 1 aromatic rings. The van der Waals surface area contributed by atoms with Crippen molar-refractivity contribution in [1.82, 2.24) is 4.90 Å². The predicted molar refractivity (Wildman–Crippen MR) is 76.0 cm³/mol. The van der Waals surface area contributed by atoms with Crippen LogP contribution in [-0.2, 0) is 6.18 Å². The van der Waals surface area contributed by atoms with Crippen molar-refractivity contribution in [1.29, 1.82) is 0 Å². The van der Waals surface area contributed by atoms with E-state index >= 15 is 0 Å². The van der Waals surface area contributed by atoms with Gasteiger partial charge >= 0.3 is 6.18 Å². The molecule has 0 saturated carbocycles. The molecular formula is C14H16BrF4NO. The highest BCUT2D eigenvalue weighted by atomic mass is 79.9. The summed E-state index contributed by atoms with van der Waals surface area (Å²) in [6.45, 7) is 3.81. The SMILES string of the molecule is CC(C)N(CCCBr)C(=O)c1cc(C(F)(F)F)ccc1F. The lowest BCUT2D eigenvalue weighted by molar-refractivity contribution is -0.137. The van der Waals surface area contributed by atoms with Crippen molar-refractivity contribution in [3.05, 3.63) is 35.1 Å². The molecule has 0 aliphatic carbocycles. The van der Waals surface area contributed by atoms with E-state index in [1.807, 2.05) is 0 Å². The van der Waals surface area contributed by atoms with E-state index in [2.05, 4.69) is 15.9 Å². The molecule has 1 rings (SSSR count). The van der Waals surface area contributed by atoms with Crippen LogP contribution >= 0.6 is 15.9 Å². The van der Waals surface area contributed by atoms with Crippen LogP contribution in [0.1, 0.15) is 36.2 Å². The average Bonchev–Trinajstić information content (AvgIpc) is 2.37. The minimum Gasteiger partial charge on any atom is -0.336 e. The third kappa shape index (κ3) is 4.69. The van der Waals surface area contributed by atoms with Gasteiger partial charge < -0.3 is 4.90 Å². The molecule has 0 saturated heterocycles. The summed E-state index contributed by atoms with van der Waals surface area (Å²) in [5.41, 5.74) is -1.58. The van der Waals surface area contributed by atoms with E-state index in [-0.39, 0.29) is 6.04 Å². The zero-order chi connectivity index (χ0) is 16.2. The Kier molecular flexibility index (Phi) is 6.19. The van der Waals surface area contributed by atoms with E-state index in [0.29, 0.717) is 36.5 Å².